The molecule has 3 nitrogen and oxygen atoms in total. The van der Waals surface area contributed by atoms with Gasteiger partial charge in [-0.1, -0.05) is 121 Å². The first kappa shape index (κ1) is 27.1. The van der Waals surface area contributed by atoms with Crippen LogP contribution < -0.4 is 0 Å². The number of hydrogen-bond donors (Lipinski definition) is 0. The van der Waals surface area contributed by atoms with Gasteiger partial charge in [0.05, 0.1) is 22.6 Å². The summed E-state index contributed by atoms with van der Waals surface area (Å²) in [4.78, 5) is 15.5. The second-order valence-corrected chi connectivity index (χ2v) is 11.7. The van der Waals surface area contributed by atoms with Gasteiger partial charge in [0.2, 0.25) is 0 Å². The molecule has 47 heavy (non-hydrogen) atoms. The number of rotatable bonds is 4. The minimum absolute atomic E-state index is 0.277. The fourth-order valence-electron chi connectivity index (χ4n) is 6.72. The Hall–Kier alpha value is -6.26. The van der Waals surface area contributed by atoms with Crippen molar-refractivity contribution in [2.75, 3.05) is 0 Å². The van der Waals surface area contributed by atoms with Gasteiger partial charge in [0.15, 0.2) is 5.82 Å². The fraction of sp³-hybridized carbons (Fsp3) is 0. The molecule has 4 heteroatoms. The van der Waals surface area contributed by atoms with Crippen molar-refractivity contribution in [3.05, 3.63) is 164 Å². The summed E-state index contributed by atoms with van der Waals surface area (Å²) in [6, 6.07) is 52.4. The highest BCUT2D eigenvalue weighted by Gasteiger charge is 2.19. The normalized spacial score (nSPS) is 11.5. The lowest BCUT2D eigenvalue weighted by Gasteiger charge is -2.17. The van der Waals surface area contributed by atoms with Crippen LogP contribution in [0.1, 0.15) is 0 Å². The standard InChI is InChI=1S/C43H26FN3/c44-31-22-19-29(20-23-31)42-41-35-18-10-8-16-33(35)32-15-7-9-17-34(32)40(41)36-24-21-30(25-39(36)45-42)43-46-37(27-11-3-1-4-12-27)26-38(47-43)28-13-5-2-6-14-28/h1-26H. The van der Waals surface area contributed by atoms with Crippen molar-refractivity contribution in [1.29, 1.82) is 0 Å². The zero-order chi connectivity index (χ0) is 31.3. The summed E-state index contributed by atoms with van der Waals surface area (Å²) in [5.74, 6) is 0.349. The van der Waals surface area contributed by atoms with E-state index in [-0.39, 0.29) is 5.82 Å². The van der Waals surface area contributed by atoms with Crippen LogP contribution in [0.3, 0.4) is 0 Å². The Balaban J connectivity index is 1.36. The minimum Gasteiger partial charge on any atom is -0.247 e. The first-order valence-corrected chi connectivity index (χ1v) is 15.6. The predicted molar refractivity (Wildman–Crippen MR) is 192 cm³/mol. The van der Waals surface area contributed by atoms with E-state index < -0.39 is 0 Å². The molecular weight excluding hydrogens is 577 g/mol. The van der Waals surface area contributed by atoms with Crippen LogP contribution in [0.15, 0.2) is 158 Å². The molecule has 0 aliphatic rings. The third-order valence-electron chi connectivity index (χ3n) is 8.91. The van der Waals surface area contributed by atoms with Crippen molar-refractivity contribution in [1.82, 2.24) is 15.0 Å². The van der Waals surface area contributed by atoms with Gasteiger partial charge in [-0.3, -0.25) is 0 Å². The zero-order valence-electron chi connectivity index (χ0n) is 25.2. The maximum absolute atomic E-state index is 14.1. The molecule has 0 saturated carbocycles. The Morgan fingerprint density at radius 3 is 1.47 bits per heavy atom. The highest BCUT2D eigenvalue weighted by atomic mass is 19.1. The van der Waals surface area contributed by atoms with Gasteiger partial charge in [0, 0.05) is 38.4 Å². The number of benzene rings is 7. The molecular formula is C43H26FN3. The second-order valence-electron chi connectivity index (χ2n) is 11.7. The molecule has 9 rings (SSSR count). The smallest absolute Gasteiger partial charge is 0.160 e. The first-order chi connectivity index (χ1) is 23.2. The summed E-state index contributed by atoms with van der Waals surface area (Å²) in [5.41, 5.74) is 7.12. The third-order valence-corrected chi connectivity index (χ3v) is 8.91. The lowest BCUT2D eigenvalue weighted by atomic mass is 9.89. The van der Waals surface area contributed by atoms with Crippen LogP contribution in [0.5, 0.6) is 0 Å². The van der Waals surface area contributed by atoms with E-state index in [2.05, 4.69) is 91.0 Å². The van der Waals surface area contributed by atoms with E-state index in [0.29, 0.717) is 5.82 Å². The van der Waals surface area contributed by atoms with Crippen molar-refractivity contribution in [2.45, 2.75) is 0 Å². The molecule has 0 bridgehead atoms. The molecule has 9 aromatic rings. The van der Waals surface area contributed by atoms with Gasteiger partial charge in [-0.25, -0.2) is 19.3 Å². The van der Waals surface area contributed by atoms with E-state index in [0.717, 1.165) is 77.2 Å². The SMILES string of the molecule is Fc1ccc(-c2nc3cc(-c4nc(-c5ccccc5)cc(-c5ccccc5)n4)ccc3c3c4ccccc4c4ccccc4c23)cc1. The van der Waals surface area contributed by atoms with E-state index in [1.165, 1.54) is 17.5 Å². The number of nitrogens with zero attached hydrogens (tertiary/aromatic N) is 3. The van der Waals surface area contributed by atoms with Gasteiger partial charge in [-0.2, -0.15) is 0 Å². The zero-order valence-corrected chi connectivity index (χ0v) is 25.2. The van der Waals surface area contributed by atoms with Crippen molar-refractivity contribution < 1.29 is 4.39 Å². The Labute approximate surface area is 270 Å². The average molecular weight is 604 g/mol. The summed E-state index contributed by atoms with van der Waals surface area (Å²) >= 11 is 0. The molecule has 2 aromatic heterocycles. The molecule has 0 saturated heterocycles. The largest absolute Gasteiger partial charge is 0.247 e. The molecule has 0 unspecified atom stereocenters. The number of hydrogen-bond acceptors (Lipinski definition) is 3. The summed E-state index contributed by atoms with van der Waals surface area (Å²) in [6.07, 6.45) is 0. The summed E-state index contributed by atoms with van der Waals surface area (Å²) in [5, 5.41) is 7.83. The highest BCUT2D eigenvalue weighted by Crippen LogP contribution is 2.43. The third kappa shape index (κ3) is 4.62. The lowest BCUT2D eigenvalue weighted by Crippen LogP contribution is -1.97. The summed E-state index contributed by atoms with van der Waals surface area (Å²) < 4.78 is 14.1. The van der Waals surface area contributed by atoms with E-state index in [9.17, 15) is 4.39 Å². The van der Waals surface area contributed by atoms with Gasteiger partial charge in [0.1, 0.15) is 5.82 Å². The molecule has 0 radical (unpaired) electrons. The molecule has 0 atom stereocenters. The second kappa shape index (κ2) is 11.0. The van der Waals surface area contributed by atoms with Crippen LogP contribution in [-0.4, -0.2) is 15.0 Å². The molecule has 0 aliphatic carbocycles. The van der Waals surface area contributed by atoms with Gasteiger partial charge < -0.3 is 0 Å². The van der Waals surface area contributed by atoms with Gasteiger partial charge in [-0.05, 0) is 57.9 Å². The van der Waals surface area contributed by atoms with Crippen molar-refractivity contribution in [2.24, 2.45) is 0 Å². The Kier molecular flexibility index (Phi) is 6.32. The molecule has 2 heterocycles. The van der Waals surface area contributed by atoms with E-state index >= 15 is 0 Å². The van der Waals surface area contributed by atoms with Crippen molar-refractivity contribution in [3.63, 3.8) is 0 Å². The predicted octanol–water partition coefficient (Wildman–Crippen LogP) is 11.3. The van der Waals surface area contributed by atoms with Crippen LogP contribution in [-0.2, 0) is 0 Å². The topological polar surface area (TPSA) is 38.7 Å². The van der Waals surface area contributed by atoms with Gasteiger partial charge >= 0.3 is 0 Å². The maximum Gasteiger partial charge on any atom is 0.160 e. The summed E-state index contributed by atoms with van der Waals surface area (Å²) in [6.45, 7) is 0. The van der Waals surface area contributed by atoms with Gasteiger partial charge in [-0.15, -0.1) is 0 Å². The van der Waals surface area contributed by atoms with E-state index in [1.807, 2.05) is 54.6 Å². The molecule has 0 fully saturated rings. The fourth-order valence-corrected chi connectivity index (χ4v) is 6.72. The molecule has 7 aromatic carbocycles. The number of pyridine rings is 1. The minimum atomic E-state index is -0.277. The summed E-state index contributed by atoms with van der Waals surface area (Å²) in [7, 11) is 0. The van der Waals surface area contributed by atoms with Crippen LogP contribution in [0.4, 0.5) is 4.39 Å². The molecule has 0 aliphatic heterocycles. The van der Waals surface area contributed by atoms with Crippen molar-refractivity contribution >= 4 is 43.2 Å². The average Bonchev–Trinajstić information content (AvgIpc) is 3.15. The van der Waals surface area contributed by atoms with Crippen LogP contribution in [0, 0.1) is 5.82 Å². The van der Waals surface area contributed by atoms with E-state index in [4.69, 9.17) is 15.0 Å². The maximum atomic E-state index is 14.1. The number of halogens is 1. The van der Waals surface area contributed by atoms with Crippen molar-refractivity contribution in [3.8, 4) is 45.2 Å². The molecule has 0 amide bonds. The van der Waals surface area contributed by atoms with E-state index in [1.54, 1.807) is 0 Å². The molecule has 0 N–H and O–H groups in total. The lowest BCUT2D eigenvalue weighted by molar-refractivity contribution is 0.628. The highest BCUT2D eigenvalue weighted by molar-refractivity contribution is 6.33. The first-order valence-electron chi connectivity index (χ1n) is 15.6. The number of aromatic nitrogens is 3. The monoisotopic (exact) mass is 603 g/mol. The Morgan fingerprint density at radius 2 is 0.872 bits per heavy atom. The van der Waals surface area contributed by atoms with Crippen LogP contribution in [0.2, 0.25) is 0 Å². The molecule has 0 spiro atoms. The van der Waals surface area contributed by atoms with Crippen LogP contribution in [0.25, 0.3) is 88.4 Å². The Morgan fingerprint density at radius 1 is 0.362 bits per heavy atom. The molecule has 220 valence electrons. The number of fused-ring (bicyclic) bond motifs is 8. The van der Waals surface area contributed by atoms with Crippen LogP contribution >= 0.6 is 0 Å². The Bertz CT molecular complexity index is 2560. The van der Waals surface area contributed by atoms with Gasteiger partial charge in [0.25, 0.3) is 0 Å². The quantitative estimate of drug-likeness (QED) is 0.188.